The first-order valence-electron chi connectivity index (χ1n) is 16.7. The van der Waals surface area contributed by atoms with Crippen LogP contribution in [-0.2, 0) is 15.0 Å². The lowest BCUT2D eigenvalue weighted by atomic mass is 9.69. The number of alkyl halides is 1. The number of amides is 2. The van der Waals surface area contributed by atoms with E-state index in [9.17, 15) is 18.4 Å². The van der Waals surface area contributed by atoms with Crippen LogP contribution in [0.25, 0.3) is 0 Å². The van der Waals surface area contributed by atoms with E-state index in [1.165, 1.54) is 12.1 Å². The summed E-state index contributed by atoms with van der Waals surface area (Å²) in [6, 6.07) is 7.88. The monoisotopic (exact) mass is 657 g/mol. The van der Waals surface area contributed by atoms with Crippen LogP contribution < -0.4 is 0 Å². The zero-order valence-corrected chi connectivity index (χ0v) is 28.7. The third-order valence-electron chi connectivity index (χ3n) is 11.7. The van der Waals surface area contributed by atoms with Gasteiger partial charge in [-0.15, -0.1) is 0 Å². The van der Waals surface area contributed by atoms with Crippen molar-refractivity contribution in [1.82, 2.24) is 14.7 Å². The number of halogens is 4. The van der Waals surface area contributed by atoms with Gasteiger partial charge in [0.05, 0.1) is 17.9 Å². The number of aryl methyl sites for hydroxylation is 1. The molecule has 5 nitrogen and oxygen atoms in total. The Bertz CT molecular complexity index is 1530. The fourth-order valence-corrected chi connectivity index (χ4v) is 8.91. The minimum absolute atomic E-state index is 0.00966. The number of likely N-dealkylation sites (tertiary alicyclic amines) is 3. The molecule has 3 saturated heterocycles. The number of piperidine rings is 1. The maximum atomic E-state index is 15.1. The summed E-state index contributed by atoms with van der Waals surface area (Å²) in [5.41, 5.74) is 2.47. The van der Waals surface area contributed by atoms with E-state index in [0.717, 1.165) is 42.0 Å². The Labute approximate surface area is 276 Å². The lowest BCUT2D eigenvalue weighted by Gasteiger charge is -2.42. The van der Waals surface area contributed by atoms with Crippen molar-refractivity contribution in [2.45, 2.75) is 96.2 Å². The molecule has 4 aliphatic rings. The van der Waals surface area contributed by atoms with Gasteiger partial charge in [-0.05, 0) is 99.1 Å². The number of hydrogen-bond acceptors (Lipinski definition) is 3. The van der Waals surface area contributed by atoms with Gasteiger partial charge in [0.15, 0.2) is 0 Å². The van der Waals surface area contributed by atoms with Gasteiger partial charge in [0, 0.05) is 55.3 Å². The highest BCUT2D eigenvalue weighted by molar-refractivity contribution is 6.31. The molecule has 0 unspecified atom stereocenters. The maximum absolute atomic E-state index is 15.1. The molecule has 3 fully saturated rings. The van der Waals surface area contributed by atoms with Crippen molar-refractivity contribution >= 4 is 23.4 Å². The zero-order valence-electron chi connectivity index (χ0n) is 27.9. The number of rotatable bonds is 4. The van der Waals surface area contributed by atoms with Crippen molar-refractivity contribution in [2.75, 3.05) is 39.3 Å². The Hall–Kier alpha value is -2.58. The summed E-state index contributed by atoms with van der Waals surface area (Å²) in [4.78, 5) is 33.9. The summed E-state index contributed by atoms with van der Waals surface area (Å²) in [5, 5.41) is 0.693. The standard InChI is InChI=1S/C37H47ClF3N3O2/c1-22-15-26-29(17-31(22)38)37(18-30(26)36(5,6)34(46)43-12-9-24(40)19-43)10-13-42(14-11-37)33(45)28-21-44(35(2,3)4)20-27(28)25-8-7-23(39)16-32(25)41/h7-8,15-17,24,27-28,30H,9-14,18-21H2,1-6H3/t24-,27+,28-,30+/m1/s1. The van der Waals surface area contributed by atoms with Crippen LogP contribution in [0.4, 0.5) is 13.2 Å². The predicted octanol–water partition coefficient (Wildman–Crippen LogP) is 7.38. The van der Waals surface area contributed by atoms with Crippen LogP contribution in [0.15, 0.2) is 30.3 Å². The van der Waals surface area contributed by atoms with Gasteiger partial charge in [0.2, 0.25) is 11.8 Å². The Morgan fingerprint density at radius 3 is 2.22 bits per heavy atom. The average Bonchev–Trinajstić information content (AvgIpc) is 3.70. The predicted molar refractivity (Wildman–Crippen MR) is 175 cm³/mol. The van der Waals surface area contributed by atoms with Gasteiger partial charge in [-0.3, -0.25) is 14.5 Å². The fraction of sp³-hybridized carbons (Fsp3) is 0.622. The summed E-state index contributed by atoms with van der Waals surface area (Å²) >= 11 is 6.71. The second kappa shape index (κ2) is 11.8. The number of hydrogen-bond donors (Lipinski definition) is 0. The molecule has 0 radical (unpaired) electrons. The van der Waals surface area contributed by atoms with E-state index < -0.39 is 29.1 Å². The first-order valence-corrected chi connectivity index (χ1v) is 17.1. The molecule has 1 spiro atoms. The van der Waals surface area contributed by atoms with Crippen molar-refractivity contribution in [2.24, 2.45) is 11.3 Å². The van der Waals surface area contributed by atoms with Crippen LogP contribution in [0.1, 0.15) is 94.4 Å². The van der Waals surface area contributed by atoms with Crippen LogP contribution >= 0.6 is 11.6 Å². The third-order valence-corrected chi connectivity index (χ3v) is 12.1. The molecule has 3 aliphatic heterocycles. The van der Waals surface area contributed by atoms with Gasteiger partial charge in [0.1, 0.15) is 17.8 Å². The van der Waals surface area contributed by atoms with Crippen molar-refractivity contribution in [3.05, 3.63) is 69.2 Å². The number of fused-ring (bicyclic) bond motifs is 2. The van der Waals surface area contributed by atoms with Crippen molar-refractivity contribution in [3.63, 3.8) is 0 Å². The van der Waals surface area contributed by atoms with Crippen LogP contribution in [0.3, 0.4) is 0 Å². The molecule has 250 valence electrons. The van der Waals surface area contributed by atoms with Gasteiger partial charge >= 0.3 is 0 Å². The van der Waals surface area contributed by atoms with Gasteiger partial charge in [0.25, 0.3) is 0 Å². The third kappa shape index (κ3) is 5.76. The van der Waals surface area contributed by atoms with E-state index in [1.54, 1.807) is 4.90 Å². The number of carbonyl (C=O) groups is 2. The second-order valence-electron chi connectivity index (χ2n) is 15.9. The molecular formula is C37H47ClF3N3O2. The van der Waals surface area contributed by atoms with E-state index in [4.69, 9.17) is 11.6 Å². The molecule has 2 amide bonds. The molecule has 0 bridgehead atoms. The summed E-state index contributed by atoms with van der Waals surface area (Å²) in [5.74, 6) is -2.11. The van der Waals surface area contributed by atoms with E-state index in [1.807, 2.05) is 25.7 Å². The number of nitrogens with zero attached hydrogens (tertiary/aromatic N) is 3. The molecule has 1 aliphatic carbocycles. The van der Waals surface area contributed by atoms with Crippen molar-refractivity contribution in [1.29, 1.82) is 0 Å². The molecule has 9 heteroatoms. The molecule has 0 aromatic heterocycles. The van der Waals surface area contributed by atoms with Gasteiger partial charge in [-0.1, -0.05) is 37.6 Å². The Balaban J connectivity index is 1.25. The minimum Gasteiger partial charge on any atom is -0.342 e. The summed E-state index contributed by atoms with van der Waals surface area (Å²) in [6.07, 6.45) is 1.63. The molecule has 0 N–H and O–H groups in total. The topological polar surface area (TPSA) is 43.9 Å². The molecule has 46 heavy (non-hydrogen) atoms. The average molecular weight is 658 g/mol. The first kappa shape index (κ1) is 33.3. The van der Waals surface area contributed by atoms with Crippen molar-refractivity contribution < 1.29 is 22.8 Å². The Morgan fingerprint density at radius 1 is 0.913 bits per heavy atom. The summed E-state index contributed by atoms with van der Waals surface area (Å²) in [6.45, 7) is 15.0. The van der Waals surface area contributed by atoms with Crippen molar-refractivity contribution in [3.8, 4) is 0 Å². The van der Waals surface area contributed by atoms with E-state index in [-0.39, 0.29) is 41.1 Å². The molecule has 2 aromatic rings. The highest BCUT2D eigenvalue weighted by atomic mass is 35.5. The van der Waals surface area contributed by atoms with E-state index in [0.29, 0.717) is 49.7 Å². The molecule has 0 saturated carbocycles. The largest absolute Gasteiger partial charge is 0.342 e. The molecular weight excluding hydrogens is 611 g/mol. The van der Waals surface area contributed by atoms with Gasteiger partial charge in [-0.2, -0.15) is 0 Å². The number of benzene rings is 2. The van der Waals surface area contributed by atoms with Crippen LogP contribution in [-0.4, -0.2) is 77.5 Å². The molecule has 4 atom stereocenters. The summed E-state index contributed by atoms with van der Waals surface area (Å²) in [7, 11) is 0. The smallest absolute Gasteiger partial charge is 0.228 e. The number of carbonyl (C=O) groups excluding carboxylic acids is 2. The van der Waals surface area contributed by atoms with Crippen LogP contribution in [0.5, 0.6) is 0 Å². The van der Waals surface area contributed by atoms with Crippen LogP contribution in [0.2, 0.25) is 5.02 Å². The van der Waals surface area contributed by atoms with E-state index in [2.05, 4.69) is 37.8 Å². The first-order chi connectivity index (χ1) is 21.5. The highest BCUT2D eigenvalue weighted by Crippen LogP contribution is 2.58. The maximum Gasteiger partial charge on any atom is 0.228 e. The zero-order chi connectivity index (χ0) is 33.3. The Morgan fingerprint density at radius 2 is 1.61 bits per heavy atom. The van der Waals surface area contributed by atoms with E-state index >= 15 is 4.39 Å². The van der Waals surface area contributed by atoms with Crippen LogP contribution in [0, 0.1) is 29.9 Å². The normalized spacial score (nSPS) is 26.7. The SMILES string of the molecule is Cc1cc2c(cc1Cl)C1(CCN(C(=O)[C@@H]3CN(C(C)(C)C)C[C@H]3c3ccc(F)cc3F)CC1)C[C@@H]2C(C)(C)C(=O)N1CC[C@@H](F)C1. The second-order valence-corrected chi connectivity index (χ2v) is 16.3. The highest BCUT2D eigenvalue weighted by Gasteiger charge is 2.54. The fourth-order valence-electron chi connectivity index (χ4n) is 8.75. The lowest BCUT2D eigenvalue weighted by molar-refractivity contribution is -0.141. The molecule has 6 rings (SSSR count). The Kier molecular flexibility index (Phi) is 8.57. The minimum atomic E-state index is -0.973. The lowest BCUT2D eigenvalue weighted by Crippen LogP contribution is -2.48. The molecule has 2 aromatic carbocycles. The summed E-state index contributed by atoms with van der Waals surface area (Å²) < 4.78 is 43.0. The van der Waals surface area contributed by atoms with Gasteiger partial charge in [-0.25, -0.2) is 13.2 Å². The van der Waals surface area contributed by atoms with Gasteiger partial charge < -0.3 is 9.80 Å². The quantitative estimate of drug-likeness (QED) is 0.345. The molecule has 3 heterocycles.